The molecule has 0 atom stereocenters. The van der Waals surface area contributed by atoms with Gasteiger partial charge in [0.15, 0.2) is 0 Å². The molecule has 12 heteroatoms. The first-order valence-corrected chi connectivity index (χ1v) is 10.6. The zero-order valence-electron chi connectivity index (χ0n) is 17.2. The summed E-state index contributed by atoms with van der Waals surface area (Å²) in [6.07, 6.45) is -0.483. The molecule has 0 saturated heterocycles. The Hall–Kier alpha value is -2.66. The van der Waals surface area contributed by atoms with Crippen molar-refractivity contribution in [3.8, 4) is 0 Å². The van der Waals surface area contributed by atoms with E-state index in [1.807, 2.05) is 0 Å². The fourth-order valence-corrected chi connectivity index (χ4v) is 4.13. The fourth-order valence-electron chi connectivity index (χ4n) is 3.95. The van der Waals surface area contributed by atoms with Gasteiger partial charge >= 0.3 is 11.9 Å². The molecule has 0 amide bonds. The second kappa shape index (κ2) is 9.86. The van der Waals surface area contributed by atoms with Crippen molar-refractivity contribution in [3.05, 3.63) is 50.2 Å². The van der Waals surface area contributed by atoms with Gasteiger partial charge in [-0.3, -0.25) is 10.1 Å². The fraction of sp³-hybridized carbons (Fsp3) is 0.500. The van der Waals surface area contributed by atoms with Crippen LogP contribution in [0.25, 0.3) is 0 Å². The first kappa shape index (κ1) is 24.0. The second-order valence-electron chi connectivity index (χ2n) is 7.97. The van der Waals surface area contributed by atoms with Crippen LogP contribution >= 0.6 is 11.6 Å². The van der Waals surface area contributed by atoms with Gasteiger partial charge in [-0.05, 0) is 74.2 Å². The molecule has 0 spiro atoms. The van der Waals surface area contributed by atoms with Crippen LogP contribution in [0.5, 0.6) is 0 Å². The van der Waals surface area contributed by atoms with Crippen molar-refractivity contribution in [2.45, 2.75) is 44.8 Å². The number of hydrogen-bond donors (Lipinski definition) is 3. The maximum absolute atomic E-state index is 13.0. The molecule has 8 nitrogen and oxygen atoms in total. The molecule has 5 N–H and O–H groups in total. The highest BCUT2D eigenvalue weighted by molar-refractivity contribution is 6.31. The summed E-state index contributed by atoms with van der Waals surface area (Å²) >= 11 is 6.02. The minimum absolute atomic E-state index is 0.00720. The van der Waals surface area contributed by atoms with Crippen LogP contribution in [0.2, 0.25) is 5.02 Å². The van der Waals surface area contributed by atoms with E-state index in [-0.39, 0.29) is 46.2 Å². The number of rotatable bonds is 7. The van der Waals surface area contributed by atoms with Crippen molar-refractivity contribution < 1.29 is 18.1 Å². The molecule has 1 saturated carbocycles. The number of nitro groups is 1. The largest absolute Gasteiger partial charge is 0.416 e. The molecule has 1 fully saturated rings. The van der Waals surface area contributed by atoms with Gasteiger partial charge in [0.1, 0.15) is 5.69 Å². The third-order valence-corrected chi connectivity index (χ3v) is 6.13. The van der Waals surface area contributed by atoms with Gasteiger partial charge < -0.3 is 16.8 Å². The Bertz CT molecular complexity index is 981. The van der Waals surface area contributed by atoms with E-state index in [1.54, 1.807) is 0 Å². The summed E-state index contributed by atoms with van der Waals surface area (Å²) in [5.41, 5.74) is 10.8. The Morgan fingerprint density at radius 1 is 1.19 bits per heavy atom. The lowest BCUT2D eigenvalue weighted by molar-refractivity contribution is -0.385. The van der Waals surface area contributed by atoms with Gasteiger partial charge in [-0.15, -0.1) is 0 Å². The summed E-state index contributed by atoms with van der Waals surface area (Å²) < 4.78 is 38.9. The van der Waals surface area contributed by atoms with Crippen molar-refractivity contribution >= 4 is 29.1 Å². The average molecular weight is 473 g/mol. The Kier molecular flexibility index (Phi) is 7.40. The van der Waals surface area contributed by atoms with Crippen LogP contribution < -0.4 is 16.8 Å². The van der Waals surface area contributed by atoms with Crippen molar-refractivity contribution in [3.63, 3.8) is 0 Å². The van der Waals surface area contributed by atoms with Crippen molar-refractivity contribution in [2.75, 3.05) is 17.6 Å². The summed E-state index contributed by atoms with van der Waals surface area (Å²) in [6, 6.07) is 2.99. The molecule has 1 aromatic heterocycles. The monoisotopic (exact) mass is 472 g/mol. The number of benzene rings is 1. The van der Waals surface area contributed by atoms with Gasteiger partial charge in [0.25, 0.3) is 0 Å². The van der Waals surface area contributed by atoms with Gasteiger partial charge in [0.2, 0.25) is 11.8 Å². The molecule has 0 bridgehead atoms. The summed E-state index contributed by atoms with van der Waals surface area (Å²) in [5.74, 6) is 0.364. The minimum Gasteiger partial charge on any atom is -0.378 e. The normalized spacial score (nSPS) is 19.0. The first-order chi connectivity index (χ1) is 15.1. The molecule has 2 aromatic rings. The number of nitrogen functional groups attached to an aromatic ring is 1. The average Bonchev–Trinajstić information content (AvgIpc) is 2.72. The van der Waals surface area contributed by atoms with E-state index in [1.165, 1.54) is 0 Å². The molecular formula is C20H24ClF3N6O2. The Morgan fingerprint density at radius 3 is 2.44 bits per heavy atom. The number of anilines is 2. The maximum Gasteiger partial charge on any atom is 0.416 e. The van der Waals surface area contributed by atoms with Crippen LogP contribution in [-0.2, 0) is 19.1 Å². The topological polar surface area (TPSA) is 133 Å². The van der Waals surface area contributed by atoms with Crippen LogP contribution in [0.1, 0.15) is 42.5 Å². The highest BCUT2D eigenvalue weighted by atomic mass is 35.5. The summed E-state index contributed by atoms with van der Waals surface area (Å²) in [6.45, 7) is 0.514. The number of nitrogens with two attached hydrogens (primary N) is 2. The van der Waals surface area contributed by atoms with Crippen molar-refractivity contribution in [1.82, 2.24) is 9.97 Å². The Balaban J connectivity index is 1.80. The predicted molar refractivity (Wildman–Crippen MR) is 115 cm³/mol. The van der Waals surface area contributed by atoms with Gasteiger partial charge in [0.05, 0.1) is 10.5 Å². The lowest BCUT2D eigenvalue weighted by atomic mass is 9.80. The maximum atomic E-state index is 13.0. The van der Waals surface area contributed by atoms with Gasteiger partial charge in [-0.1, -0.05) is 11.6 Å². The molecule has 32 heavy (non-hydrogen) atoms. The molecule has 0 aliphatic heterocycles. The number of nitrogens with one attached hydrogen (secondary N) is 1. The van der Waals surface area contributed by atoms with Crippen LogP contribution in [0.15, 0.2) is 18.2 Å². The number of alkyl halides is 3. The van der Waals surface area contributed by atoms with E-state index in [0.717, 1.165) is 43.9 Å². The van der Waals surface area contributed by atoms with E-state index in [4.69, 9.17) is 23.1 Å². The van der Waals surface area contributed by atoms with E-state index in [9.17, 15) is 23.3 Å². The molecular weight excluding hydrogens is 449 g/mol. The number of hydrogen-bond acceptors (Lipinski definition) is 7. The highest BCUT2D eigenvalue weighted by Gasteiger charge is 2.31. The Morgan fingerprint density at radius 2 is 1.84 bits per heavy atom. The van der Waals surface area contributed by atoms with Gasteiger partial charge in [0, 0.05) is 11.6 Å². The van der Waals surface area contributed by atoms with Crippen LogP contribution in [0.3, 0.4) is 0 Å². The summed E-state index contributed by atoms with van der Waals surface area (Å²) in [7, 11) is 0. The molecule has 1 heterocycles. The molecule has 3 rings (SSSR count). The molecule has 1 aliphatic rings. The molecule has 1 aromatic carbocycles. The smallest absolute Gasteiger partial charge is 0.378 e. The second-order valence-corrected chi connectivity index (χ2v) is 8.38. The molecule has 0 unspecified atom stereocenters. The zero-order chi connectivity index (χ0) is 23.5. The summed E-state index contributed by atoms with van der Waals surface area (Å²) in [4.78, 5) is 19.1. The number of aromatic nitrogens is 2. The standard InChI is InChI=1S/C20H24ClF3N6O2/c21-15-6-5-14(20(22,23)24)8-13(15)10-27-19-28-16(17(30(31)32)18(26)29-19)7-11-1-3-12(9-25)4-2-11/h5-6,8,11-12H,1-4,7,9-10,25H2,(H3,26,27,28,29). The highest BCUT2D eigenvalue weighted by Crippen LogP contribution is 2.35. The van der Waals surface area contributed by atoms with Crippen LogP contribution in [-0.4, -0.2) is 21.4 Å². The van der Waals surface area contributed by atoms with Crippen molar-refractivity contribution in [1.29, 1.82) is 0 Å². The van der Waals surface area contributed by atoms with E-state index >= 15 is 0 Å². The number of nitrogens with zero attached hydrogens (tertiary/aromatic N) is 3. The quantitative estimate of drug-likeness (QED) is 0.397. The molecule has 0 radical (unpaired) electrons. The molecule has 174 valence electrons. The first-order valence-electron chi connectivity index (χ1n) is 10.2. The molecule has 1 aliphatic carbocycles. The van der Waals surface area contributed by atoms with Crippen molar-refractivity contribution in [2.24, 2.45) is 17.6 Å². The summed E-state index contributed by atoms with van der Waals surface area (Å²) in [5, 5.41) is 14.5. The lowest BCUT2D eigenvalue weighted by Gasteiger charge is -2.27. The predicted octanol–water partition coefficient (Wildman–Crippen LogP) is 4.56. The van der Waals surface area contributed by atoms with Crippen LogP contribution in [0.4, 0.5) is 30.6 Å². The third kappa shape index (κ3) is 5.77. The third-order valence-electron chi connectivity index (χ3n) is 5.76. The zero-order valence-corrected chi connectivity index (χ0v) is 17.9. The van der Waals surface area contributed by atoms with E-state index < -0.39 is 16.7 Å². The number of halogens is 4. The Labute approximate surface area is 187 Å². The van der Waals surface area contributed by atoms with Crippen LogP contribution in [0, 0.1) is 22.0 Å². The lowest BCUT2D eigenvalue weighted by Crippen LogP contribution is -2.23. The van der Waals surface area contributed by atoms with E-state index in [2.05, 4.69) is 15.3 Å². The van der Waals surface area contributed by atoms with Gasteiger partial charge in [-0.25, -0.2) is 4.98 Å². The minimum atomic E-state index is -4.51. The van der Waals surface area contributed by atoms with Gasteiger partial charge in [-0.2, -0.15) is 18.2 Å². The SMILES string of the molecule is NCC1CCC(Cc2nc(NCc3cc(C(F)(F)F)ccc3Cl)nc(N)c2[N+](=O)[O-])CC1. The van der Waals surface area contributed by atoms with E-state index in [0.29, 0.717) is 18.9 Å².